The Kier molecular flexibility index (Phi) is 6.77. The van der Waals surface area contributed by atoms with E-state index in [2.05, 4.69) is 74.2 Å². The van der Waals surface area contributed by atoms with E-state index >= 15 is 0 Å². The van der Waals surface area contributed by atoms with Gasteiger partial charge in [-0.1, -0.05) is 37.0 Å². The van der Waals surface area contributed by atoms with Gasteiger partial charge in [0.05, 0.1) is 17.4 Å². The highest BCUT2D eigenvalue weighted by atomic mass is 15.3. The molecule has 0 aromatic carbocycles. The topological polar surface area (TPSA) is 74.5 Å². The number of fused-ring (bicyclic) bond motifs is 2. The van der Waals surface area contributed by atoms with Crippen LogP contribution in [-0.2, 0) is 6.42 Å². The van der Waals surface area contributed by atoms with Crippen LogP contribution >= 0.6 is 0 Å². The van der Waals surface area contributed by atoms with Crippen molar-refractivity contribution in [2.45, 2.75) is 13.3 Å². The third-order valence-electron chi connectivity index (χ3n) is 7.32. The van der Waals surface area contributed by atoms with Crippen LogP contribution in [0.5, 0.6) is 0 Å². The van der Waals surface area contributed by atoms with Crippen LogP contribution in [0.2, 0.25) is 0 Å². The van der Waals surface area contributed by atoms with Gasteiger partial charge in [0.25, 0.3) is 0 Å². The second-order valence-corrected chi connectivity index (χ2v) is 9.85. The van der Waals surface area contributed by atoms with Crippen molar-refractivity contribution in [3.63, 3.8) is 0 Å². The van der Waals surface area contributed by atoms with E-state index in [1.54, 1.807) is 0 Å². The molecule has 0 bridgehead atoms. The van der Waals surface area contributed by atoms with E-state index < -0.39 is 0 Å². The molecule has 0 unspecified atom stereocenters. The van der Waals surface area contributed by atoms with Crippen molar-refractivity contribution in [1.82, 2.24) is 29.5 Å². The average molecular weight is 517 g/mol. The number of hydrogen-bond acceptors (Lipinski definition) is 7. The van der Waals surface area contributed by atoms with Gasteiger partial charge in [-0.05, 0) is 48.9 Å². The number of aromatic nitrogens is 5. The Morgan fingerprint density at radius 2 is 1.95 bits per heavy atom. The molecule has 196 valence electrons. The Balaban J connectivity index is 1.23. The molecule has 1 N–H and O–H groups in total. The van der Waals surface area contributed by atoms with Crippen LogP contribution in [-0.4, -0.2) is 62.7 Å². The number of likely N-dealkylation sites (N-methyl/N-ethyl adjacent to an activating group) is 1. The number of nitrogens with one attached hydrogen (secondary N) is 1. The van der Waals surface area contributed by atoms with E-state index in [0.717, 1.165) is 83.2 Å². The Bertz CT molecular complexity index is 1620. The van der Waals surface area contributed by atoms with Crippen molar-refractivity contribution in [1.29, 1.82) is 0 Å². The second-order valence-electron chi connectivity index (χ2n) is 9.85. The van der Waals surface area contributed by atoms with Crippen LogP contribution in [0.15, 0.2) is 86.0 Å². The van der Waals surface area contributed by atoms with E-state index in [4.69, 9.17) is 4.98 Å². The largest absolute Gasteiger partial charge is 0.354 e. The zero-order valence-corrected chi connectivity index (χ0v) is 22.4. The summed E-state index contributed by atoms with van der Waals surface area (Å²) in [4.78, 5) is 18.8. The predicted octanol–water partition coefficient (Wildman–Crippen LogP) is 5.15. The van der Waals surface area contributed by atoms with Gasteiger partial charge in [-0.25, -0.2) is 19.5 Å². The molecule has 8 heteroatoms. The Morgan fingerprint density at radius 3 is 2.77 bits per heavy atom. The lowest BCUT2D eigenvalue weighted by Gasteiger charge is -2.33. The molecular weight excluding hydrogens is 484 g/mol. The SMILES string of the molecule is C=C/C(=C\C=C/C)c1cnn2ccc(C3=CCc4nc(Nc5ccnc(N6CCN(C)CC6)c5)ncc43)cc12. The van der Waals surface area contributed by atoms with Gasteiger partial charge < -0.3 is 15.1 Å². The zero-order chi connectivity index (χ0) is 26.8. The molecule has 1 aliphatic carbocycles. The minimum Gasteiger partial charge on any atom is -0.354 e. The van der Waals surface area contributed by atoms with Crippen LogP contribution in [0, 0.1) is 0 Å². The lowest BCUT2D eigenvalue weighted by atomic mass is 10.0. The first-order valence-corrected chi connectivity index (χ1v) is 13.3. The minimum atomic E-state index is 0.595. The van der Waals surface area contributed by atoms with Gasteiger partial charge in [0.15, 0.2) is 0 Å². The van der Waals surface area contributed by atoms with Crippen molar-refractivity contribution in [3.8, 4) is 0 Å². The molecule has 0 saturated carbocycles. The van der Waals surface area contributed by atoms with Gasteiger partial charge in [-0.15, -0.1) is 0 Å². The van der Waals surface area contributed by atoms with Crippen LogP contribution < -0.4 is 10.2 Å². The molecular formula is C31H32N8. The number of allylic oxidation sites excluding steroid dienone is 6. The van der Waals surface area contributed by atoms with Gasteiger partial charge in [-0.3, -0.25) is 0 Å². The average Bonchev–Trinajstić information content (AvgIpc) is 3.58. The summed E-state index contributed by atoms with van der Waals surface area (Å²) in [5, 5.41) is 7.93. The highest BCUT2D eigenvalue weighted by Gasteiger charge is 2.20. The van der Waals surface area contributed by atoms with Crippen molar-refractivity contribution in [2.24, 2.45) is 0 Å². The summed E-state index contributed by atoms with van der Waals surface area (Å²) in [6.07, 6.45) is 18.6. The summed E-state index contributed by atoms with van der Waals surface area (Å²) in [5.41, 5.74) is 8.40. The summed E-state index contributed by atoms with van der Waals surface area (Å²) in [5.74, 6) is 1.57. The van der Waals surface area contributed by atoms with Crippen LogP contribution in [0.4, 0.5) is 17.5 Å². The fraction of sp³-hybridized carbons (Fsp3) is 0.226. The first-order chi connectivity index (χ1) is 19.1. The van der Waals surface area contributed by atoms with Crippen molar-refractivity contribution in [2.75, 3.05) is 43.4 Å². The van der Waals surface area contributed by atoms with Gasteiger partial charge in [-0.2, -0.15) is 5.10 Å². The maximum absolute atomic E-state index is 4.86. The molecule has 0 spiro atoms. The van der Waals surface area contributed by atoms with Crippen molar-refractivity contribution in [3.05, 3.63) is 108 Å². The zero-order valence-electron chi connectivity index (χ0n) is 22.4. The molecule has 8 nitrogen and oxygen atoms in total. The molecule has 0 radical (unpaired) electrons. The van der Waals surface area contributed by atoms with Crippen molar-refractivity contribution < 1.29 is 0 Å². The van der Waals surface area contributed by atoms with Crippen LogP contribution in [0.1, 0.15) is 29.3 Å². The highest BCUT2D eigenvalue weighted by molar-refractivity contribution is 5.89. The molecule has 4 aromatic rings. The molecule has 5 heterocycles. The third-order valence-corrected chi connectivity index (χ3v) is 7.32. The quantitative estimate of drug-likeness (QED) is 0.341. The van der Waals surface area contributed by atoms with Gasteiger partial charge in [0.2, 0.25) is 5.95 Å². The van der Waals surface area contributed by atoms with E-state index in [-0.39, 0.29) is 0 Å². The summed E-state index contributed by atoms with van der Waals surface area (Å²) in [7, 11) is 2.16. The van der Waals surface area contributed by atoms with Crippen molar-refractivity contribution >= 4 is 34.1 Å². The normalized spacial score (nSPS) is 16.1. The minimum absolute atomic E-state index is 0.595. The lowest BCUT2D eigenvalue weighted by molar-refractivity contribution is 0.312. The number of rotatable bonds is 7. The predicted molar refractivity (Wildman–Crippen MR) is 158 cm³/mol. The Labute approximate surface area is 228 Å². The fourth-order valence-corrected chi connectivity index (χ4v) is 5.11. The number of pyridine rings is 2. The van der Waals surface area contributed by atoms with Crippen LogP contribution in [0.25, 0.3) is 16.7 Å². The summed E-state index contributed by atoms with van der Waals surface area (Å²) < 4.78 is 1.90. The van der Waals surface area contributed by atoms with Gasteiger partial charge in [0.1, 0.15) is 5.82 Å². The van der Waals surface area contributed by atoms with Gasteiger partial charge in [0, 0.05) is 74.1 Å². The molecule has 0 atom stereocenters. The number of piperazine rings is 1. The summed E-state index contributed by atoms with van der Waals surface area (Å²) in [6, 6.07) is 8.31. The molecule has 1 saturated heterocycles. The lowest BCUT2D eigenvalue weighted by Crippen LogP contribution is -2.44. The maximum Gasteiger partial charge on any atom is 0.227 e. The maximum atomic E-state index is 4.86. The standard InChI is InChI=1S/C31H32N8/c1-4-6-7-22(5-2)26-21-34-39-13-11-23(18-29(26)39)25-8-9-28-27(25)20-33-31(36-28)35-24-10-12-32-30(19-24)38-16-14-37(3)15-17-38/h4-8,10-13,18-21H,2,9,14-17H2,1,3H3,(H,32,33,35,36)/b6-4-,22-7+. The first-order valence-electron chi connectivity index (χ1n) is 13.3. The molecule has 6 rings (SSSR count). The van der Waals surface area contributed by atoms with Gasteiger partial charge >= 0.3 is 0 Å². The smallest absolute Gasteiger partial charge is 0.227 e. The molecule has 4 aromatic heterocycles. The van der Waals surface area contributed by atoms with E-state index in [0.29, 0.717) is 5.95 Å². The fourth-order valence-electron chi connectivity index (χ4n) is 5.11. The molecule has 1 aliphatic heterocycles. The summed E-state index contributed by atoms with van der Waals surface area (Å²) in [6.45, 7) is 10.0. The van der Waals surface area contributed by atoms with E-state index in [9.17, 15) is 0 Å². The third kappa shape index (κ3) is 4.98. The first kappa shape index (κ1) is 24.8. The molecule has 39 heavy (non-hydrogen) atoms. The number of hydrogen-bond donors (Lipinski definition) is 1. The summed E-state index contributed by atoms with van der Waals surface area (Å²) >= 11 is 0. The number of nitrogens with zero attached hydrogens (tertiary/aromatic N) is 7. The molecule has 0 amide bonds. The van der Waals surface area contributed by atoms with Crippen LogP contribution in [0.3, 0.4) is 0 Å². The van der Waals surface area contributed by atoms with E-state index in [1.165, 1.54) is 0 Å². The number of anilines is 3. The van der Waals surface area contributed by atoms with E-state index in [1.807, 2.05) is 60.5 Å². The Morgan fingerprint density at radius 1 is 1.08 bits per heavy atom. The highest BCUT2D eigenvalue weighted by Crippen LogP contribution is 2.34. The Hall–Kier alpha value is -4.56. The second kappa shape index (κ2) is 10.7. The monoisotopic (exact) mass is 516 g/mol. The molecule has 1 fully saturated rings. The molecule has 2 aliphatic rings.